The molecular weight excluding hydrogens is 340 g/mol. The summed E-state index contributed by atoms with van der Waals surface area (Å²) in [7, 11) is 0. The average Bonchev–Trinajstić information content (AvgIpc) is 3.15. The molecule has 0 spiro atoms. The van der Waals surface area contributed by atoms with E-state index < -0.39 is 11.9 Å². The standard InChI is InChI=1S/C18H18N2O6/c1-4-23-16(21)13-10(3)25-15(14(13)17(22)24-5-2)20-18-19-11-8-6-7-9-12(11)26-18/h6-9H,4-5H2,1-3H3,(H,19,20). The molecule has 0 radical (unpaired) electrons. The summed E-state index contributed by atoms with van der Waals surface area (Å²) < 4.78 is 21.2. The first-order chi connectivity index (χ1) is 12.5. The SMILES string of the molecule is CCOC(=O)c1c(C)oc(Nc2nc3ccccc3o2)c1C(=O)OCC. The lowest BCUT2D eigenvalue weighted by Gasteiger charge is -2.05. The maximum atomic E-state index is 12.4. The second-order valence-corrected chi connectivity index (χ2v) is 5.29. The fraction of sp³-hybridized carbons (Fsp3) is 0.278. The van der Waals surface area contributed by atoms with Crippen molar-refractivity contribution in [2.24, 2.45) is 0 Å². The van der Waals surface area contributed by atoms with E-state index in [2.05, 4.69) is 10.3 Å². The third kappa shape index (κ3) is 3.26. The fourth-order valence-corrected chi connectivity index (χ4v) is 2.50. The fourth-order valence-electron chi connectivity index (χ4n) is 2.50. The quantitative estimate of drug-likeness (QED) is 0.663. The monoisotopic (exact) mass is 358 g/mol. The Morgan fingerprint density at radius 2 is 1.69 bits per heavy atom. The zero-order chi connectivity index (χ0) is 18.7. The highest BCUT2D eigenvalue weighted by Gasteiger charge is 2.31. The molecule has 0 saturated heterocycles. The number of carbonyl (C=O) groups is 2. The van der Waals surface area contributed by atoms with Crippen molar-refractivity contribution in [2.45, 2.75) is 20.8 Å². The van der Waals surface area contributed by atoms with Gasteiger partial charge in [-0.2, -0.15) is 4.98 Å². The van der Waals surface area contributed by atoms with Crippen LogP contribution in [0.3, 0.4) is 0 Å². The maximum absolute atomic E-state index is 12.4. The summed E-state index contributed by atoms with van der Waals surface area (Å²) in [6, 6.07) is 7.32. The number of ether oxygens (including phenoxy) is 2. The van der Waals surface area contributed by atoms with Crippen LogP contribution in [0.1, 0.15) is 40.3 Å². The molecule has 26 heavy (non-hydrogen) atoms. The lowest BCUT2D eigenvalue weighted by atomic mass is 10.1. The molecule has 1 N–H and O–H groups in total. The van der Waals surface area contributed by atoms with E-state index in [1.54, 1.807) is 32.9 Å². The van der Waals surface area contributed by atoms with Gasteiger partial charge in [-0.3, -0.25) is 5.32 Å². The third-order valence-corrected chi connectivity index (χ3v) is 3.56. The van der Waals surface area contributed by atoms with E-state index in [1.807, 2.05) is 12.1 Å². The van der Waals surface area contributed by atoms with Crippen molar-refractivity contribution in [1.82, 2.24) is 4.98 Å². The Kier molecular flexibility index (Phi) is 4.92. The van der Waals surface area contributed by atoms with E-state index in [0.29, 0.717) is 11.1 Å². The molecule has 3 aromatic rings. The van der Waals surface area contributed by atoms with E-state index in [0.717, 1.165) is 0 Å². The predicted molar refractivity (Wildman–Crippen MR) is 92.6 cm³/mol. The molecule has 0 unspecified atom stereocenters. The van der Waals surface area contributed by atoms with Crippen LogP contribution in [0, 0.1) is 6.92 Å². The maximum Gasteiger partial charge on any atom is 0.344 e. The van der Waals surface area contributed by atoms with Crippen LogP contribution in [-0.2, 0) is 9.47 Å². The van der Waals surface area contributed by atoms with E-state index in [4.69, 9.17) is 18.3 Å². The summed E-state index contributed by atoms with van der Waals surface area (Å²) >= 11 is 0. The predicted octanol–water partition coefficient (Wildman–Crippen LogP) is 3.83. The lowest BCUT2D eigenvalue weighted by molar-refractivity contribution is 0.0480. The first-order valence-electron chi connectivity index (χ1n) is 8.15. The molecule has 0 atom stereocenters. The molecule has 2 aromatic heterocycles. The van der Waals surface area contributed by atoms with Crippen molar-refractivity contribution in [3.63, 3.8) is 0 Å². The molecule has 8 nitrogen and oxygen atoms in total. The van der Waals surface area contributed by atoms with E-state index in [-0.39, 0.29) is 42.0 Å². The summed E-state index contributed by atoms with van der Waals surface area (Å²) in [5.74, 6) is -1.13. The number of fused-ring (bicyclic) bond motifs is 1. The third-order valence-electron chi connectivity index (χ3n) is 3.56. The molecule has 136 valence electrons. The number of hydrogen-bond donors (Lipinski definition) is 1. The van der Waals surface area contributed by atoms with Crippen LogP contribution in [0.25, 0.3) is 11.1 Å². The summed E-state index contributed by atoms with van der Waals surface area (Å²) in [6.45, 7) is 5.22. The van der Waals surface area contributed by atoms with Crippen LogP contribution in [0.4, 0.5) is 11.9 Å². The molecule has 3 rings (SSSR count). The number of nitrogens with zero attached hydrogens (tertiary/aromatic N) is 1. The Balaban J connectivity index is 2.03. The largest absolute Gasteiger partial charge is 0.462 e. The van der Waals surface area contributed by atoms with Gasteiger partial charge in [0.25, 0.3) is 0 Å². The number of nitrogens with one attached hydrogen (secondary N) is 1. The van der Waals surface area contributed by atoms with E-state index >= 15 is 0 Å². The Labute approximate surface area is 149 Å². The van der Waals surface area contributed by atoms with Gasteiger partial charge in [-0.1, -0.05) is 12.1 Å². The van der Waals surface area contributed by atoms with E-state index in [1.165, 1.54) is 0 Å². The highest BCUT2D eigenvalue weighted by molar-refractivity contribution is 6.07. The molecule has 8 heteroatoms. The van der Waals surface area contributed by atoms with Crippen molar-refractivity contribution in [3.05, 3.63) is 41.2 Å². The number of oxazole rings is 1. The molecule has 0 aliphatic carbocycles. The van der Waals surface area contributed by atoms with Gasteiger partial charge < -0.3 is 18.3 Å². The van der Waals surface area contributed by atoms with Crippen LogP contribution in [0.2, 0.25) is 0 Å². The first-order valence-corrected chi connectivity index (χ1v) is 8.15. The number of aromatic nitrogens is 1. The molecule has 1 aromatic carbocycles. The highest BCUT2D eigenvalue weighted by atomic mass is 16.5. The van der Waals surface area contributed by atoms with Crippen LogP contribution in [-0.4, -0.2) is 30.1 Å². The molecule has 0 aliphatic heterocycles. The summed E-state index contributed by atoms with van der Waals surface area (Å²) in [5.41, 5.74) is 1.18. The lowest BCUT2D eigenvalue weighted by Crippen LogP contribution is -2.14. The number of rotatable bonds is 6. The highest BCUT2D eigenvalue weighted by Crippen LogP contribution is 2.32. The topological polar surface area (TPSA) is 104 Å². The minimum atomic E-state index is -0.703. The Bertz CT molecular complexity index is 923. The molecule has 0 fully saturated rings. The minimum absolute atomic E-state index is 0.00978. The van der Waals surface area contributed by atoms with Crippen LogP contribution in [0.5, 0.6) is 0 Å². The van der Waals surface area contributed by atoms with Crippen LogP contribution < -0.4 is 5.32 Å². The number of hydrogen-bond acceptors (Lipinski definition) is 8. The number of furan rings is 1. The molecule has 0 bridgehead atoms. The van der Waals surface area contributed by atoms with Gasteiger partial charge in [-0.15, -0.1) is 0 Å². The van der Waals surface area contributed by atoms with Crippen molar-refractivity contribution >= 4 is 34.9 Å². The van der Waals surface area contributed by atoms with Crippen molar-refractivity contribution in [3.8, 4) is 0 Å². The van der Waals surface area contributed by atoms with Gasteiger partial charge in [0.1, 0.15) is 22.4 Å². The van der Waals surface area contributed by atoms with Gasteiger partial charge in [-0.25, -0.2) is 9.59 Å². The zero-order valence-electron chi connectivity index (χ0n) is 14.6. The number of aryl methyl sites for hydroxylation is 1. The van der Waals surface area contributed by atoms with Gasteiger partial charge in [0.05, 0.1) is 13.2 Å². The summed E-state index contributed by atoms with van der Waals surface area (Å²) in [5, 5.41) is 2.81. The second kappa shape index (κ2) is 7.30. The normalized spacial score (nSPS) is 10.7. The number of carbonyl (C=O) groups excluding carboxylic acids is 2. The Hall–Kier alpha value is -3.29. The van der Waals surface area contributed by atoms with Gasteiger partial charge >= 0.3 is 18.0 Å². The number of benzene rings is 1. The number of para-hydroxylation sites is 2. The van der Waals surface area contributed by atoms with Crippen LogP contribution in [0.15, 0.2) is 33.1 Å². The van der Waals surface area contributed by atoms with Crippen molar-refractivity contribution < 1.29 is 27.9 Å². The molecular formula is C18H18N2O6. The molecule has 0 amide bonds. The van der Waals surface area contributed by atoms with Crippen molar-refractivity contribution in [2.75, 3.05) is 18.5 Å². The minimum Gasteiger partial charge on any atom is -0.462 e. The molecule has 2 heterocycles. The average molecular weight is 358 g/mol. The first kappa shape index (κ1) is 17.5. The zero-order valence-corrected chi connectivity index (χ0v) is 14.6. The Morgan fingerprint density at radius 1 is 1.04 bits per heavy atom. The number of esters is 2. The van der Waals surface area contributed by atoms with Crippen molar-refractivity contribution in [1.29, 1.82) is 0 Å². The van der Waals surface area contributed by atoms with Gasteiger partial charge in [0.15, 0.2) is 5.58 Å². The van der Waals surface area contributed by atoms with Gasteiger partial charge in [0, 0.05) is 0 Å². The van der Waals surface area contributed by atoms with Gasteiger partial charge in [-0.05, 0) is 32.9 Å². The Morgan fingerprint density at radius 3 is 2.35 bits per heavy atom. The number of anilines is 2. The van der Waals surface area contributed by atoms with Crippen LogP contribution >= 0.6 is 0 Å². The second-order valence-electron chi connectivity index (χ2n) is 5.29. The molecule has 0 aliphatic rings. The summed E-state index contributed by atoms with van der Waals surface area (Å²) in [4.78, 5) is 28.9. The van der Waals surface area contributed by atoms with E-state index in [9.17, 15) is 9.59 Å². The summed E-state index contributed by atoms with van der Waals surface area (Å²) in [6.07, 6.45) is 0. The smallest absolute Gasteiger partial charge is 0.344 e. The van der Waals surface area contributed by atoms with Gasteiger partial charge in [0.2, 0.25) is 5.88 Å². The molecule has 0 saturated carbocycles.